The number of rotatable bonds is 9. The van der Waals surface area contributed by atoms with Crippen LogP contribution in [0.4, 0.5) is 0 Å². The third-order valence-corrected chi connectivity index (χ3v) is 7.20. The molecule has 0 unspecified atom stereocenters. The van der Waals surface area contributed by atoms with E-state index < -0.39 is 9.84 Å². The van der Waals surface area contributed by atoms with Crippen LogP contribution in [-0.4, -0.2) is 44.8 Å². The standard InChI is InChI=1S/C31H28N2O4S/c34-31(30-24-27-14-6-7-19-29(27)33-30)32-20-8-9-21-37-22-10-15-25-12-4-5-13-26(25)16-11-23-38(35,36)28-17-2-1-3-18-28/h1-7,12-14,17-19,24,33H,8-9,20-23H2,(H,32,34). The number of carbonyl (C=O) groups is 1. The largest absolute Gasteiger partial charge is 0.369 e. The Hall–Kier alpha value is -4.30. The van der Waals surface area contributed by atoms with E-state index in [1.165, 1.54) is 0 Å². The van der Waals surface area contributed by atoms with Crippen molar-refractivity contribution in [2.45, 2.75) is 17.7 Å². The van der Waals surface area contributed by atoms with Gasteiger partial charge >= 0.3 is 0 Å². The van der Waals surface area contributed by atoms with Gasteiger partial charge in [-0.2, -0.15) is 0 Å². The Balaban J connectivity index is 1.17. The predicted octanol–water partition coefficient (Wildman–Crippen LogP) is 4.57. The molecule has 4 rings (SSSR count). The van der Waals surface area contributed by atoms with Gasteiger partial charge in [0.2, 0.25) is 0 Å². The minimum absolute atomic E-state index is 0.118. The number of sulfone groups is 1. The van der Waals surface area contributed by atoms with Gasteiger partial charge in [0, 0.05) is 35.2 Å². The summed E-state index contributed by atoms with van der Waals surface area (Å²) >= 11 is 0. The number of benzene rings is 3. The molecule has 0 aliphatic rings. The van der Waals surface area contributed by atoms with Crippen molar-refractivity contribution in [1.29, 1.82) is 0 Å². The molecule has 6 nitrogen and oxygen atoms in total. The molecule has 0 saturated carbocycles. The molecule has 4 aromatic rings. The van der Waals surface area contributed by atoms with Gasteiger partial charge in [0.05, 0.1) is 4.90 Å². The van der Waals surface area contributed by atoms with Gasteiger partial charge in [-0.1, -0.05) is 72.2 Å². The third kappa shape index (κ3) is 7.60. The van der Waals surface area contributed by atoms with E-state index in [0.29, 0.717) is 24.4 Å². The number of unbranched alkanes of at least 4 members (excludes halogenated alkanes) is 1. The van der Waals surface area contributed by atoms with E-state index in [1.807, 2.05) is 54.6 Å². The molecule has 1 aromatic heterocycles. The van der Waals surface area contributed by atoms with E-state index in [1.54, 1.807) is 30.3 Å². The fourth-order valence-electron chi connectivity index (χ4n) is 3.72. The van der Waals surface area contributed by atoms with Crippen molar-refractivity contribution in [3.05, 3.63) is 102 Å². The molecule has 0 atom stereocenters. The maximum absolute atomic E-state index is 12.4. The molecule has 0 aliphatic heterocycles. The molecule has 38 heavy (non-hydrogen) atoms. The molecule has 0 spiro atoms. The zero-order valence-electron chi connectivity index (χ0n) is 20.9. The number of amides is 1. The van der Waals surface area contributed by atoms with E-state index >= 15 is 0 Å². The summed E-state index contributed by atoms with van der Waals surface area (Å²) in [6, 6.07) is 25.3. The first-order valence-corrected chi connectivity index (χ1v) is 14.0. The maximum Gasteiger partial charge on any atom is 0.267 e. The summed E-state index contributed by atoms with van der Waals surface area (Å²) in [4.78, 5) is 15.7. The monoisotopic (exact) mass is 524 g/mol. The van der Waals surface area contributed by atoms with E-state index in [0.717, 1.165) is 29.3 Å². The van der Waals surface area contributed by atoms with Crippen LogP contribution in [0.2, 0.25) is 0 Å². The molecule has 1 amide bonds. The second-order valence-electron chi connectivity index (χ2n) is 8.51. The van der Waals surface area contributed by atoms with Crippen LogP contribution in [0.15, 0.2) is 89.8 Å². The van der Waals surface area contributed by atoms with Crippen LogP contribution < -0.4 is 5.32 Å². The molecule has 192 valence electrons. The highest BCUT2D eigenvalue weighted by molar-refractivity contribution is 7.91. The van der Waals surface area contributed by atoms with Gasteiger partial charge in [0.25, 0.3) is 5.91 Å². The average Bonchev–Trinajstić information content (AvgIpc) is 3.38. The summed E-state index contributed by atoms with van der Waals surface area (Å²) in [5.74, 6) is 11.4. The minimum Gasteiger partial charge on any atom is -0.369 e. The van der Waals surface area contributed by atoms with Crippen molar-refractivity contribution in [3.63, 3.8) is 0 Å². The number of ether oxygens (including phenoxy) is 1. The molecule has 0 radical (unpaired) electrons. The van der Waals surface area contributed by atoms with Crippen LogP contribution in [-0.2, 0) is 14.6 Å². The summed E-state index contributed by atoms with van der Waals surface area (Å²) in [5.41, 5.74) is 2.90. The Morgan fingerprint density at radius 2 is 1.53 bits per heavy atom. The first-order chi connectivity index (χ1) is 18.5. The molecule has 7 heteroatoms. The highest BCUT2D eigenvalue weighted by atomic mass is 32.2. The van der Waals surface area contributed by atoms with Gasteiger partial charge in [-0.05, 0) is 49.2 Å². The van der Waals surface area contributed by atoms with Gasteiger partial charge in [-0.25, -0.2) is 8.42 Å². The van der Waals surface area contributed by atoms with Crippen molar-refractivity contribution in [2.75, 3.05) is 25.5 Å². The molecule has 3 aromatic carbocycles. The first kappa shape index (κ1) is 26.8. The van der Waals surface area contributed by atoms with Crippen molar-refractivity contribution < 1.29 is 17.9 Å². The lowest BCUT2D eigenvalue weighted by atomic mass is 10.1. The molecule has 0 fully saturated rings. The molecule has 0 saturated heterocycles. The van der Waals surface area contributed by atoms with E-state index in [-0.39, 0.29) is 23.2 Å². The van der Waals surface area contributed by atoms with E-state index in [9.17, 15) is 13.2 Å². The Morgan fingerprint density at radius 1 is 0.842 bits per heavy atom. The highest BCUT2D eigenvalue weighted by Crippen LogP contribution is 2.14. The minimum atomic E-state index is -3.46. The SMILES string of the molecule is O=C(NCCCCOCC#Cc1ccccc1C#CCS(=O)(=O)c1ccccc1)c1cc2ccccc2[nH]1. The summed E-state index contributed by atoms with van der Waals surface area (Å²) in [6.45, 7) is 1.37. The first-order valence-electron chi connectivity index (χ1n) is 12.3. The van der Waals surface area contributed by atoms with E-state index in [2.05, 4.69) is 34.0 Å². The Bertz CT molecular complexity index is 1590. The molecule has 1 heterocycles. The lowest BCUT2D eigenvalue weighted by molar-refractivity contribution is 0.0946. The van der Waals surface area contributed by atoms with Gasteiger partial charge in [-0.15, -0.1) is 0 Å². The second kappa shape index (κ2) is 13.3. The molecule has 0 bridgehead atoms. The lowest BCUT2D eigenvalue weighted by Gasteiger charge is -2.04. The number of H-pyrrole nitrogens is 1. The summed E-state index contributed by atoms with van der Waals surface area (Å²) in [7, 11) is -3.46. The topological polar surface area (TPSA) is 88.3 Å². The molecule has 2 N–H and O–H groups in total. The number of aromatic nitrogens is 1. The Kier molecular flexibility index (Phi) is 9.37. The van der Waals surface area contributed by atoms with Gasteiger partial charge in [-0.3, -0.25) is 4.79 Å². The zero-order chi connectivity index (χ0) is 26.6. The van der Waals surface area contributed by atoms with Crippen LogP contribution in [0, 0.1) is 23.7 Å². The van der Waals surface area contributed by atoms with Gasteiger partial charge in [0.15, 0.2) is 9.84 Å². The summed E-state index contributed by atoms with van der Waals surface area (Å²) < 4.78 is 30.4. The van der Waals surface area contributed by atoms with Gasteiger partial charge in [0.1, 0.15) is 18.1 Å². The normalized spacial score (nSPS) is 10.7. The fraction of sp³-hybridized carbons (Fsp3) is 0.194. The van der Waals surface area contributed by atoms with Crippen molar-refractivity contribution in [3.8, 4) is 23.7 Å². The maximum atomic E-state index is 12.4. The van der Waals surface area contributed by atoms with Crippen LogP contribution in [0.1, 0.15) is 34.5 Å². The quantitative estimate of drug-likeness (QED) is 0.248. The second-order valence-corrected chi connectivity index (χ2v) is 10.5. The Labute approximate surface area is 223 Å². The zero-order valence-corrected chi connectivity index (χ0v) is 21.7. The van der Waals surface area contributed by atoms with Gasteiger partial charge < -0.3 is 15.0 Å². The number of para-hydroxylation sites is 1. The Morgan fingerprint density at radius 3 is 2.29 bits per heavy atom. The molecular weight excluding hydrogens is 496 g/mol. The number of nitrogens with one attached hydrogen (secondary N) is 2. The summed E-state index contributed by atoms with van der Waals surface area (Å²) in [5, 5.41) is 3.93. The lowest BCUT2D eigenvalue weighted by Crippen LogP contribution is -2.24. The van der Waals surface area contributed by atoms with Crippen molar-refractivity contribution in [1.82, 2.24) is 10.3 Å². The number of hydrogen-bond acceptors (Lipinski definition) is 4. The fourth-order valence-corrected chi connectivity index (χ4v) is 4.72. The van der Waals surface area contributed by atoms with Crippen molar-refractivity contribution >= 4 is 26.6 Å². The molecular formula is C31H28N2O4S. The number of fused-ring (bicyclic) bond motifs is 1. The third-order valence-electron chi connectivity index (χ3n) is 5.69. The highest BCUT2D eigenvalue weighted by Gasteiger charge is 2.11. The smallest absolute Gasteiger partial charge is 0.267 e. The predicted molar refractivity (Wildman–Crippen MR) is 149 cm³/mol. The van der Waals surface area contributed by atoms with Crippen molar-refractivity contribution in [2.24, 2.45) is 0 Å². The van der Waals surface area contributed by atoms with E-state index in [4.69, 9.17) is 4.74 Å². The van der Waals surface area contributed by atoms with Crippen LogP contribution >= 0.6 is 0 Å². The van der Waals surface area contributed by atoms with Crippen LogP contribution in [0.3, 0.4) is 0 Å². The number of hydrogen-bond donors (Lipinski definition) is 2. The summed E-state index contributed by atoms with van der Waals surface area (Å²) in [6.07, 6.45) is 1.59. The van der Waals surface area contributed by atoms with Crippen LogP contribution in [0.25, 0.3) is 10.9 Å². The number of aromatic amines is 1. The number of carbonyl (C=O) groups excluding carboxylic acids is 1. The molecule has 0 aliphatic carbocycles. The average molecular weight is 525 g/mol. The van der Waals surface area contributed by atoms with Crippen LogP contribution in [0.5, 0.6) is 0 Å².